The largest absolute Gasteiger partial charge is 0.573 e. The number of hydrogen-bond acceptors (Lipinski definition) is 5. The van der Waals surface area contributed by atoms with Crippen LogP contribution in [0.1, 0.15) is 25.7 Å². The van der Waals surface area contributed by atoms with Crippen LogP contribution in [0, 0.1) is 17.2 Å². The van der Waals surface area contributed by atoms with Crippen molar-refractivity contribution in [2.75, 3.05) is 5.32 Å². The summed E-state index contributed by atoms with van der Waals surface area (Å²) in [6.07, 6.45) is 0.323. The van der Waals surface area contributed by atoms with Crippen LogP contribution in [0.3, 0.4) is 0 Å². The Morgan fingerprint density at radius 2 is 1.93 bits per heavy atom. The van der Waals surface area contributed by atoms with Crippen molar-refractivity contribution >= 4 is 11.5 Å². The number of hydrogen-bond donors (Lipinski definition) is 1. The molecule has 0 aliphatic heterocycles. The molecular weight excluding hydrogens is 383 g/mol. The van der Waals surface area contributed by atoms with Gasteiger partial charge in [-0.05, 0) is 49.9 Å². The summed E-state index contributed by atoms with van der Waals surface area (Å²) < 4.78 is 43.1. The fourth-order valence-electron chi connectivity index (χ4n) is 3.58. The lowest BCUT2D eigenvalue weighted by Crippen LogP contribution is -2.26. The highest BCUT2D eigenvalue weighted by molar-refractivity contribution is 5.65. The van der Waals surface area contributed by atoms with Gasteiger partial charge in [0.15, 0.2) is 5.65 Å². The zero-order valence-electron chi connectivity index (χ0n) is 15.4. The molecule has 0 unspecified atom stereocenters. The van der Waals surface area contributed by atoms with Crippen LogP contribution in [0.15, 0.2) is 42.6 Å². The quantitative estimate of drug-likeness (QED) is 0.680. The minimum absolute atomic E-state index is 0.120. The second-order valence-electron chi connectivity index (χ2n) is 7.03. The van der Waals surface area contributed by atoms with Crippen molar-refractivity contribution < 1.29 is 17.9 Å². The lowest BCUT2D eigenvalue weighted by molar-refractivity contribution is -0.274. The van der Waals surface area contributed by atoms with E-state index in [4.69, 9.17) is 5.26 Å². The van der Waals surface area contributed by atoms with Crippen molar-refractivity contribution in [1.82, 2.24) is 14.6 Å². The summed E-state index contributed by atoms with van der Waals surface area (Å²) in [5.74, 6) is 0.475. The standard InChI is InChI=1S/C20H18F3N5O/c21-20(22,23)29-16-3-1-2-14(10-16)17-12-25-19-9-8-18(27-28(17)19)26-15-6-4-13(11-24)5-7-15/h1-3,8-10,12-13,15H,4-7H2,(H,26,27)/t13-,15-. The van der Waals surface area contributed by atoms with Crippen LogP contribution in [-0.4, -0.2) is 27.0 Å². The van der Waals surface area contributed by atoms with Crippen molar-refractivity contribution in [3.8, 4) is 23.1 Å². The van der Waals surface area contributed by atoms with Gasteiger partial charge in [-0.1, -0.05) is 12.1 Å². The molecule has 1 aliphatic rings. The number of alkyl halides is 3. The third-order valence-corrected chi connectivity index (χ3v) is 4.99. The van der Waals surface area contributed by atoms with Gasteiger partial charge in [0.2, 0.25) is 0 Å². The zero-order chi connectivity index (χ0) is 20.4. The fraction of sp³-hybridized carbons (Fsp3) is 0.350. The molecule has 0 bridgehead atoms. The molecule has 1 aliphatic carbocycles. The molecule has 1 fully saturated rings. The highest BCUT2D eigenvalue weighted by Crippen LogP contribution is 2.29. The summed E-state index contributed by atoms with van der Waals surface area (Å²) in [4.78, 5) is 4.28. The fourth-order valence-corrected chi connectivity index (χ4v) is 3.58. The molecule has 4 rings (SSSR count). The number of ether oxygens (including phenoxy) is 1. The van der Waals surface area contributed by atoms with Gasteiger partial charge in [0.05, 0.1) is 18.0 Å². The second kappa shape index (κ2) is 7.62. The topological polar surface area (TPSA) is 75.2 Å². The predicted molar refractivity (Wildman–Crippen MR) is 100 cm³/mol. The van der Waals surface area contributed by atoms with Crippen LogP contribution >= 0.6 is 0 Å². The van der Waals surface area contributed by atoms with Crippen molar-refractivity contribution in [3.63, 3.8) is 0 Å². The lowest BCUT2D eigenvalue weighted by Gasteiger charge is -2.26. The molecule has 2 heterocycles. The van der Waals surface area contributed by atoms with Gasteiger partial charge in [-0.3, -0.25) is 0 Å². The Kier molecular flexibility index (Phi) is 5.01. The molecule has 1 N–H and O–H groups in total. The molecule has 2 aromatic heterocycles. The smallest absolute Gasteiger partial charge is 0.406 e. The molecule has 0 spiro atoms. The molecule has 1 aromatic carbocycles. The van der Waals surface area contributed by atoms with Gasteiger partial charge in [0, 0.05) is 17.5 Å². The normalized spacial score (nSPS) is 19.7. The van der Waals surface area contributed by atoms with Gasteiger partial charge in [-0.15, -0.1) is 18.3 Å². The molecule has 0 amide bonds. The number of halogens is 3. The minimum atomic E-state index is -4.75. The maximum absolute atomic E-state index is 12.5. The number of benzene rings is 1. The van der Waals surface area contributed by atoms with Gasteiger partial charge in [-0.25, -0.2) is 9.50 Å². The van der Waals surface area contributed by atoms with Crippen LogP contribution in [0.5, 0.6) is 5.75 Å². The van der Waals surface area contributed by atoms with Gasteiger partial charge in [-0.2, -0.15) is 5.26 Å². The summed E-state index contributed by atoms with van der Waals surface area (Å²) in [7, 11) is 0. The van der Waals surface area contributed by atoms with Crippen LogP contribution in [-0.2, 0) is 0 Å². The Balaban J connectivity index is 1.58. The Labute approximate surface area is 164 Å². The summed E-state index contributed by atoms with van der Waals surface area (Å²) in [5.41, 5.74) is 1.66. The van der Waals surface area contributed by atoms with E-state index in [1.54, 1.807) is 22.8 Å². The molecule has 0 radical (unpaired) electrons. The third-order valence-electron chi connectivity index (χ3n) is 4.99. The first-order valence-electron chi connectivity index (χ1n) is 9.28. The Hall–Kier alpha value is -3.28. The van der Waals surface area contributed by atoms with Crippen molar-refractivity contribution in [1.29, 1.82) is 5.26 Å². The number of anilines is 1. The van der Waals surface area contributed by atoms with E-state index < -0.39 is 6.36 Å². The van der Waals surface area contributed by atoms with Gasteiger partial charge in [0.25, 0.3) is 0 Å². The number of aromatic nitrogens is 3. The van der Waals surface area contributed by atoms with E-state index in [1.165, 1.54) is 18.2 Å². The maximum Gasteiger partial charge on any atom is 0.573 e. The maximum atomic E-state index is 12.5. The third kappa shape index (κ3) is 4.42. The Morgan fingerprint density at radius 1 is 1.14 bits per heavy atom. The molecular formula is C20H18F3N5O. The number of fused-ring (bicyclic) bond motifs is 1. The van der Waals surface area contributed by atoms with E-state index in [0.29, 0.717) is 22.7 Å². The van der Waals surface area contributed by atoms with Crippen molar-refractivity contribution in [3.05, 3.63) is 42.6 Å². The SMILES string of the molecule is N#C[C@H]1CC[C@H](Nc2ccc3ncc(-c4cccc(OC(F)(F)F)c4)n3n2)CC1. The molecule has 1 saturated carbocycles. The number of rotatable bonds is 4. The number of imidazole rings is 1. The predicted octanol–water partition coefficient (Wildman–Crippen LogP) is 4.79. The molecule has 29 heavy (non-hydrogen) atoms. The lowest BCUT2D eigenvalue weighted by atomic mass is 9.87. The monoisotopic (exact) mass is 401 g/mol. The van der Waals surface area contributed by atoms with Crippen molar-refractivity contribution in [2.45, 2.75) is 38.1 Å². The van der Waals surface area contributed by atoms with Gasteiger partial charge >= 0.3 is 6.36 Å². The summed E-state index contributed by atoms with van der Waals surface area (Å²) in [6, 6.07) is 11.9. The average molecular weight is 401 g/mol. The molecule has 3 aromatic rings. The van der Waals surface area contributed by atoms with E-state index in [-0.39, 0.29) is 17.7 Å². The first-order chi connectivity index (χ1) is 13.9. The molecule has 9 heteroatoms. The molecule has 0 atom stereocenters. The van der Waals surface area contributed by atoms with Gasteiger partial charge in [0.1, 0.15) is 11.6 Å². The Bertz CT molecular complexity index is 1050. The highest BCUT2D eigenvalue weighted by atomic mass is 19.4. The Morgan fingerprint density at radius 3 is 2.66 bits per heavy atom. The van der Waals surface area contributed by atoms with E-state index in [9.17, 15) is 13.2 Å². The second-order valence-corrected chi connectivity index (χ2v) is 7.03. The van der Waals surface area contributed by atoms with Crippen LogP contribution in [0.4, 0.5) is 19.0 Å². The van der Waals surface area contributed by atoms with E-state index in [2.05, 4.69) is 26.2 Å². The van der Waals surface area contributed by atoms with E-state index in [1.807, 2.05) is 6.07 Å². The number of nitrogens with zero attached hydrogens (tertiary/aromatic N) is 4. The molecule has 150 valence electrons. The molecule has 0 saturated heterocycles. The number of nitrogens with one attached hydrogen (secondary N) is 1. The average Bonchev–Trinajstić information content (AvgIpc) is 3.11. The summed E-state index contributed by atoms with van der Waals surface area (Å²) in [5, 5.41) is 17.0. The molecule has 6 nitrogen and oxygen atoms in total. The highest BCUT2D eigenvalue weighted by Gasteiger charge is 2.31. The first kappa shape index (κ1) is 19.1. The summed E-state index contributed by atoms with van der Waals surface area (Å²) >= 11 is 0. The van der Waals surface area contributed by atoms with Crippen LogP contribution in [0.25, 0.3) is 16.9 Å². The van der Waals surface area contributed by atoms with Crippen molar-refractivity contribution in [2.24, 2.45) is 5.92 Å². The zero-order valence-corrected chi connectivity index (χ0v) is 15.4. The van der Waals surface area contributed by atoms with E-state index >= 15 is 0 Å². The summed E-state index contributed by atoms with van der Waals surface area (Å²) in [6.45, 7) is 0. The van der Waals surface area contributed by atoms with E-state index in [0.717, 1.165) is 25.7 Å². The van der Waals surface area contributed by atoms with Crippen LogP contribution < -0.4 is 10.1 Å². The number of nitriles is 1. The van der Waals surface area contributed by atoms with Crippen LogP contribution in [0.2, 0.25) is 0 Å². The minimum Gasteiger partial charge on any atom is -0.406 e. The van der Waals surface area contributed by atoms with Gasteiger partial charge < -0.3 is 10.1 Å². The first-order valence-corrected chi connectivity index (χ1v) is 9.28.